The van der Waals surface area contributed by atoms with Gasteiger partial charge in [-0.2, -0.15) is 5.10 Å². The topological polar surface area (TPSA) is 42.2 Å². The number of benzene rings is 1. The summed E-state index contributed by atoms with van der Waals surface area (Å²) in [7, 11) is 0. The molecule has 0 saturated heterocycles. The number of hydrogen-bond donors (Lipinski definition) is 1. The van der Waals surface area contributed by atoms with Crippen LogP contribution in [0.3, 0.4) is 0 Å². The third-order valence-corrected chi connectivity index (χ3v) is 2.56. The SMILES string of the molecule is c1cc(C2=NCCN2)cc(-n2cccn2)c1. The lowest BCUT2D eigenvalue weighted by Gasteiger charge is -2.05. The predicted molar refractivity (Wildman–Crippen MR) is 63.0 cm³/mol. The van der Waals surface area contributed by atoms with Gasteiger partial charge in [0.05, 0.1) is 12.2 Å². The van der Waals surface area contributed by atoms with E-state index in [1.54, 1.807) is 6.20 Å². The number of hydrogen-bond acceptors (Lipinski definition) is 3. The molecule has 0 radical (unpaired) electrons. The van der Waals surface area contributed by atoms with Gasteiger partial charge >= 0.3 is 0 Å². The minimum absolute atomic E-state index is 0.862. The van der Waals surface area contributed by atoms with Crippen molar-refractivity contribution in [1.82, 2.24) is 15.1 Å². The summed E-state index contributed by atoms with van der Waals surface area (Å²) in [6, 6.07) is 10.1. The van der Waals surface area contributed by atoms with E-state index in [1.807, 2.05) is 29.1 Å². The van der Waals surface area contributed by atoms with Gasteiger partial charge in [0, 0.05) is 24.5 Å². The lowest BCUT2D eigenvalue weighted by molar-refractivity contribution is 0.880. The largest absolute Gasteiger partial charge is 0.368 e. The normalized spacial score (nSPS) is 14.6. The smallest absolute Gasteiger partial charge is 0.128 e. The number of aliphatic imine (C=N–C) groups is 1. The highest BCUT2D eigenvalue weighted by Gasteiger charge is 2.08. The Bertz CT molecular complexity index is 514. The van der Waals surface area contributed by atoms with Crippen molar-refractivity contribution in [3.8, 4) is 5.69 Å². The van der Waals surface area contributed by atoms with Crippen molar-refractivity contribution >= 4 is 5.84 Å². The van der Waals surface area contributed by atoms with Crippen molar-refractivity contribution in [2.75, 3.05) is 13.1 Å². The Hall–Kier alpha value is -2.10. The van der Waals surface area contributed by atoms with E-state index in [-0.39, 0.29) is 0 Å². The molecule has 0 spiro atoms. The standard InChI is InChI=1S/C12H12N4/c1-3-10(12-13-6-7-14-12)9-11(4-1)16-8-2-5-15-16/h1-5,8-9H,6-7H2,(H,13,14). The molecule has 0 unspecified atom stereocenters. The summed E-state index contributed by atoms with van der Waals surface area (Å²) < 4.78 is 1.85. The minimum Gasteiger partial charge on any atom is -0.368 e. The Morgan fingerprint density at radius 1 is 1.25 bits per heavy atom. The Balaban J connectivity index is 2.00. The van der Waals surface area contributed by atoms with Crippen LogP contribution in [0, 0.1) is 0 Å². The van der Waals surface area contributed by atoms with Gasteiger partial charge in [-0.25, -0.2) is 4.68 Å². The highest BCUT2D eigenvalue weighted by molar-refractivity contribution is 6.00. The molecular formula is C12H12N4. The third kappa shape index (κ3) is 1.58. The van der Waals surface area contributed by atoms with Crippen molar-refractivity contribution in [2.24, 2.45) is 4.99 Å². The maximum Gasteiger partial charge on any atom is 0.128 e. The molecule has 1 aliphatic heterocycles. The second-order valence-corrected chi connectivity index (χ2v) is 3.66. The number of amidine groups is 1. The average Bonchev–Trinajstić information content (AvgIpc) is 3.03. The van der Waals surface area contributed by atoms with Crippen LogP contribution in [0.25, 0.3) is 5.69 Å². The van der Waals surface area contributed by atoms with E-state index in [0.717, 1.165) is 30.2 Å². The van der Waals surface area contributed by atoms with Crippen LogP contribution in [-0.2, 0) is 0 Å². The van der Waals surface area contributed by atoms with Gasteiger partial charge in [0.15, 0.2) is 0 Å². The lowest BCUT2D eigenvalue weighted by Crippen LogP contribution is -2.19. The molecule has 16 heavy (non-hydrogen) atoms. The first kappa shape index (κ1) is 9.15. The zero-order valence-electron chi connectivity index (χ0n) is 8.80. The van der Waals surface area contributed by atoms with E-state index < -0.39 is 0 Å². The molecule has 0 fully saturated rings. The van der Waals surface area contributed by atoms with Gasteiger partial charge in [0.1, 0.15) is 5.84 Å². The molecule has 0 bridgehead atoms. The Morgan fingerprint density at radius 3 is 3.00 bits per heavy atom. The van der Waals surface area contributed by atoms with Gasteiger partial charge in [-0.3, -0.25) is 4.99 Å². The van der Waals surface area contributed by atoms with Gasteiger partial charge in [-0.15, -0.1) is 0 Å². The quantitative estimate of drug-likeness (QED) is 0.813. The molecule has 1 aliphatic rings. The highest BCUT2D eigenvalue weighted by atomic mass is 15.3. The molecule has 0 aliphatic carbocycles. The van der Waals surface area contributed by atoms with Crippen LogP contribution in [-0.4, -0.2) is 28.7 Å². The molecule has 4 nitrogen and oxygen atoms in total. The fourth-order valence-corrected chi connectivity index (χ4v) is 1.81. The molecule has 0 amide bonds. The molecular weight excluding hydrogens is 200 g/mol. The summed E-state index contributed by atoms with van der Waals surface area (Å²) in [6.07, 6.45) is 3.71. The molecule has 0 atom stereocenters. The van der Waals surface area contributed by atoms with Crippen molar-refractivity contribution in [1.29, 1.82) is 0 Å². The minimum atomic E-state index is 0.862. The van der Waals surface area contributed by atoms with Crippen molar-refractivity contribution < 1.29 is 0 Å². The Kier molecular flexibility index (Phi) is 2.18. The first-order chi connectivity index (χ1) is 7.93. The molecule has 2 aromatic rings. The van der Waals surface area contributed by atoms with Crippen molar-refractivity contribution in [2.45, 2.75) is 0 Å². The maximum absolute atomic E-state index is 4.40. The molecule has 0 saturated carbocycles. The Morgan fingerprint density at radius 2 is 2.25 bits per heavy atom. The van der Waals surface area contributed by atoms with Gasteiger partial charge in [-0.1, -0.05) is 12.1 Å². The zero-order chi connectivity index (χ0) is 10.8. The van der Waals surface area contributed by atoms with E-state index in [4.69, 9.17) is 0 Å². The number of nitrogens with zero attached hydrogens (tertiary/aromatic N) is 3. The summed E-state index contributed by atoms with van der Waals surface area (Å²) in [6.45, 7) is 1.79. The first-order valence-electron chi connectivity index (χ1n) is 5.32. The van der Waals surface area contributed by atoms with E-state index in [1.165, 1.54) is 0 Å². The van der Waals surface area contributed by atoms with Gasteiger partial charge in [0.2, 0.25) is 0 Å². The van der Waals surface area contributed by atoms with Crippen LogP contribution in [0.5, 0.6) is 0 Å². The Labute approximate surface area is 93.6 Å². The van der Waals surface area contributed by atoms with Crippen LogP contribution in [0.2, 0.25) is 0 Å². The summed E-state index contributed by atoms with van der Waals surface area (Å²) in [4.78, 5) is 4.40. The lowest BCUT2D eigenvalue weighted by atomic mass is 10.2. The summed E-state index contributed by atoms with van der Waals surface area (Å²) >= 11 is 0. The average molecular weight is 212 g/mol. The van der Waals surface area contributed by atoms with Gasteiger partial charge in [0.25, 0.3) is 0 Å². The van der Waals surface area contributed by atoms with Crippen molar-refractivity contribution in [3.05, 3.63) is 48.3 Å². The highest BCUT2D eigenvalue weighted by Crippen LogP contribution is 2.10. The number of nitrogens with one attached hydrogen (secondary N) is 1. The van der Waals surface area contributed by atoms with Crippen LogP contribution in [0.15, 0.2) is 47.7 Å². The van der Waals surface area contributed by atoms with E-state index in [9.17, 15) is 0 Å². The molecule has 4 heteroatoms. The van der Waals surface area contributed by atoms with Gasteiger partial charge in [-0.05, 0) is 18.2 Å². The van der Waals surface area contributed by atoms with E-state index >= 15 is 0 Å². The fraction of sp³-hybridized carbons (Fsp3) is 0.167. The number of rotatable bonds is 2. The molecule has 1 aromatic carbocycles. The first-order valence-corrected chi connectivity index (χ1v) is 5.32. The molecule has 80 valence electrons. The second kappa shape index (κ2) is 3.81. The molecule has 3 rings (SSSR count). The van der Waals surface area contributed by atoms with Crippen molar-refractivity contribution in [3.63, 3.8) is 0 Å². The van der Waals surface area contributed by atoms with Crippen LogP contribution in [0.1, 0.15) is 5.56 Å². The van der Waals surface area contributed by atoms with Crippen LogP contribution < -0.4 is 5.32 Å². The van der Waals surface area contributed by atoms with Gasteiger partial charge < -0.3 is 5.32 Å². The zero-order valence-corrected chi connectivity index (χ0v) is 8.80. The summed E-state index contributed by atoms with van der Waals surface area (Å²) in [5.41, 5.74) is 2.17. The molecule has 1 aromatic heterocycles. The van der Waals surface area contributed by atoms with Crippen LogP contribution >= 0.6 is 0 Å². The third-order valence-electron chi connectivity index (χ3n) is 2.56. The second-order valence-electron chi connectivity index (χ2n) is 3.66. The maximum atomic E-state index is 4.40. The molecule has 1 N–H and O–H groups in total. The fourth-order valence-electron chi connectivity index (χ4n) is 1.81. The molecule has 2 heterocycles. The van der Waals surface area contributed by atoms with E-state index in [2.05, 4.69) is 27.5 Å². The number of aromatic nitrogens is 2. The predicted octanol–water partition coefficient (Wildman–Crippen LogP) is 1.22. The van der Waals surface area contributed by atoms with E-state index in [0.29, 0.717) is 0 Å². The summed E-state index contributed by atoms with van der Waals surface area (Å²) in [5, 5.41) is 7.48. The van der Waals surface area contributed by atoms with Crippen LogP contribution in [0.4, 0.5) is 0 Å². The summed E-state index contributed by atoms with van der Waals surface area (Å²) in [5.74, 6) is 0.981. The monoisotopic (exact) mass is 212 g/mol.